The Morgan fingerprint density at radius 1 is 1.56 bits per heavy atom. The number of hydrogen-bond donors (Lipinski definition) is 2. The molecule has 1 aliphatic carbocycles. The lowest BCUT2D eigenvalue weighted by atomic mass is 10.2. The molecule has 16 heavy (non-hydrogen) atoms. The fourth-order valence-electron chi connectivity index (χ4n) is 1.75. The highest BCUT2D eigenvalue weighted by Crippen LogP contribution is 2.33. The van der Waals surface area contributed by atoms with Gasteiger partial charge in [-0.15, -0.1) is 0 Å². The zero-order valence-corrected chi connectivity index (χ0v) is 10.1. The predicted octanol–water partition coefficient (Wildman–Crippen LogP) is 2.32. The van der Waals surface area contributed by atoms with Crippen molar-refractivity contribution in [3.63, 3.8) is 0 Å². The fraction of sp³-hybridized carbons (Fsp3) is 0.500. The van der Waals surface area contributed by atoms with E-state index in [0.717, 1.165) is 23.8 Å². The van der Waals surface area contributed by atoms with Gasteiger partial charge in [0.05, 0.1) is 5.56 Å². The van der Waals surface area contributed by atoms with E-state index in [9.17, 15) is 0 Å². The SMILES string of the molecule is NC(=S)c1cccnc1NCCCC1CC1. The summed E-state index contributed by atoms with van der Waals surface area (Å²) in [6.07, 6.45) is 7.11. The minimum Gasteiger partial charge on any atom is -0.389 e. The molecule has 0 saturated heterocycles. The number of hydrogen-bond acceptors (Lipinski definition) is 3. The van der Waals surface area contributed by atoms with Gasteiger partial charge in [-0.3, -0.25) is 0 Å². The normalized spacial score (nSPS) is 14.8. The molecule has 0 atom stereocenters. The fourth-order valence-corrected chi connectivity index (χ4v) is 1.91. The van der Waals surface area contributed by atoms with E-state index in [1.807, 2.05) is 12.1 Å². The molecule has 1 aromatic heterocycles. The molecule has 0 aromatic carbocycles. The Kier molecular flexibility index (Phi) is 3.72. The van der Waals surface area contributed by atoms with Crippen LogP contribution in [0, 0.1) is 5.92 Å². The lowest BCUT2D eigenvalue weighted by Crippen LogP contribution is -2.14. The van der Waals surface area contributed by atoms with E-state index in [0.29, 0.717) is 4.99 Å². The molecule has 1 aromatic rings. The summed E-state index contributed by atoms with van der Waals surface area (Å²) >= 11 is 4.98. The van der Waals surface area contributed by atoms with E-state index in [1.54, 1.807) is 6.20 Å². The molecule has 1 heterocycles. The summed E-state index contributed by atoms with van der Waals surface area (Å²) in [5.41, 5.74) is 6.47. The molecule has 4 heteroatoms. The van der Waals surface area contributed by atoms with Gasteiger partial charge in [-0.1, -0.05) is 25.1 Å². The van der Waals surface area contributed by atoms with Gasteiger partial charge < -0.3 is 11.1 Å². The van der Waals surface area contributed by atoms with Crippen LogP contribution in [0.4, 0.5) is 5.82 Å². The molecule has 1 saturated carbocycles. The molecule has 86 valence electrons. The van der Waals surface area contributed by atoms with Crippen molar-refractivity contribution >= 4 is 23.0 Å². The molecule has 0 unspecified atom stereocenters. The zero-order valence-electron chi connectivity index (χ0n) is 9.28. The van der Waals surface area contributed by atoms with Gasteiger partial charge in [0.15, 0.2) is 0 Å². The monoisotopic (exact) mass is 235 g/mol. The molecule has 2 rings (SSSR count). The summed E-state index contributed by atoms with van der Waals surface area (Å²) in [4.78, 5) is 4.65. The largest absolute Gasteiger partial charge is 0.389 e. The first-order chi connectivity index (χ1) is 7.77. The Morgan fingerprint density at radius 2 is 2.38 bits per heavy atom. The van der Waals surface area contributed by atoms with Crippen LogP contribution in [0.25, 0.3) is 0 Å². The summed E-state index contributed by atoms with van der Waals surface area (Å²) in [5.74, 6) is 1.80. The molecule has 0 amide bonds. The number of nitrogens with zero attached hydrogens (tertiary/aromatic N) is 1. The molecule has 0 spiro atoms. The summed E-state index contributed by atoms with van der Waals surface area (Å²) in [6.45, 7) is 0.948. The van der Waals surface area contributed by atoms with Crippen molar-refractivity contribution in [3.05, 3.63) is 23.9 Å². The second-order valence-corrected chi connectivity index (χ2v) is 4.72. The number of aromatic nitrogens is 1. The first-order valence-electron chi connectivity index (χ1n) is 5.76. The van der Waals surface area contributed by atoms with E-state index < -0.39 is 0 Å². The maximum atomic E-state index is 5.63. The standard InChI is InChI=1S/C12H17N3S/c13-11(16)10-4-2-8-15-12(10)14-7-1-3-9-5-6-9/h2,4,8-9H,1,3,5-7H2,(H2,13,16)(H,14,15). The van der Waals surface area contributed by atoms with Crippen molar-refractivity contribution in [3.8, 4) is 0 Å². The number of nitrogens with one attached hydrogen (secondary N) is 1. The Balaban J connectivity index is 1.84. The Morgan fingerprint density at radius 3 is 3.06 bits per heavy atom. The third kappa shape index (κ3) is 3.17. The molecule has 1 fully saturated rings. The van der Waals surface area contributed by atoms with Crippen LogP contribution in [-0.2, 0) is 0 Å². The molecule has 3 nitrogen and oxygen atoms in total. The number of pyridine rings is 1. The van der Waals surface area contributed by atoms with Crippen LogP contribution < -0.4 is 11.1 Å². The van der Waals surface area contributed by atoms with Gasteiger partial charge in [-0.05, 0) is 30.9 Å². The van der Waals surface area contributed by atoms with Crippen molar-refractivity contribution in [2.45, 2.75) is 25.7 Å². The lowest BCUT2D eigenvalue weighted by Gasteiger charge is -2.09. The first kappa shape index (κ1) is 11.3. The van der Waals surface area contributed by atoms with E-state index in [2.05, 4.69) is 10.3 Å². The topological polar surface area (TPSA) is 50.9 Å². The van der Waals surface area contributed by atoms with E-state index in [-0.39, 0.29) is 0 Å². The summed E-state index contributed by atoms with van der Waals surface area (Å²) < 4.78 is 0. The predicted molar refractivity (Wildman–Crippen MR) is 70.6 cm³/mol. The highest BCUT2D eigenvalue weighted by Gasteiger charge is 2.20. The van der Waals surface area contributed by atoms with Crippen LogP contribution in [0.15, 0.2) is 18.3 Å². The Bertz CT molecular complexity index is 374. The van der Waals surface area contributed by atoms with Crippen molar-refractivity contribution in [2.24, 2.45) is 11.7 Å². The number of nitrogens with two attached hydrogens (primary N) is 1. The first-order valence-corrected chi connectivity index (χ1v) is 6.17. The van der Waals surface area contributed by atoms with Crippen molar-refractivity contribution in [1.29, 1.82) is 0 Å². The van der Waals surface area contributed by atoms with Gasteiger partial charge in [0.25, 0.3) is 0 Å². The smallest absolute Gasteiger partial charge is 0.136 e. The van der Waals surface area contributed by atoms with Crippen molar-refractivity contribution in [1.82, 2.24) is 4.98 Å². The maximum Gasteiger partial charge on any atom is 0.136 e. The van der Waals surface area contributed by atoms with Gasteiger partial charge in [-0.2, -0.15) is 0 Å². The average molecular weight is 235 g/mol. The summed E-state index contributed by atoms with van der Waals surface area (Å²) in [6, 6.07) is 3.75. The molecule has 0 aliphatic heterocycles. The van der Waals surface area contributed by atoms with Crippen molar-refractivity contribution in [2.75, 3.05) is 11.9 Å². The quantitative estimate of drug-likeness (QED) is 0.587. The van der Waals surface area contributed by atoms with E-state index >= 15 is 0 Å². The molecular weight excluding hydrogens is 218 g/mol. The second-order valence-electron chi connectivity index (χ2n) is 4.28. The summed E-state index contributed by atoms with van der Waals surface area (Å²) in [5, 5.41) is 3.30. The highest BCUT2D eigenvalue weighted by atomic mass is 32.1. The minimum atomic E-state index is 0.401. The third-order valence-electron chi connectivity index (χ3n) is 2.85. The molecule has 3 N–H and O–H groups in total. The van der Waals surface area contributed by atoms with Crippen LogP contribution in [0.2, 0.25) is 0 Å². The minimum absolute atomic E-state index is 0.401. The molecule has 0 bridgehead atoms. The zero-order chi connectivity index (χ0) is 11.4. The number of anilines is 1. The molecule has 1 aliphatic rings. The Hall–Kier alpha value is -1.16. The van der Waals surface area contributed by atoms with Crippen LogP contribution in [-0.4, -0.2) is 16.5 Å². The van der Waals surface area contributed by atoms with Crippen LogP contribution >= 0.6 is 12.2 Å². The van der Waals surface area contributed by atoms with Crippen LogP contribution in [0.3, 0.4) is 0 Å². The molecular formula is C12H17N3S. The van der Waals surface area contributed by atoms with Gasteiger partial charge in [-0.25, -0.2) is 4.98 Å². The lowest BCUT2D eigenvalue weighted by molar-refractivity contribution is 0.686. The third-order valence-corrected chi connectivity index (χ3v) is 3.07. The average Bonchev–Trinajstić information content (AvgIpc) is 3.08. The highest BCUT2D eigenvalue weighted by molar-refractivity contribution is 7.80. The van der Waals surface area contributed by atoms with Crippen LogP contribution in [0.5, 0.6) is 0 Å². The number of rotatable bonds is 6. The van der Waals surface area contributed by atoms with Crippen molar-refractivity contribution < 1.29 is 0 Å². The van der Waals surface area contributed by atoms with Gasteiger partial charge in [0.1, 0.15) is 10.8 Å². The van der Waals surface area contributed by atoms with E-state index in [1.165, 1.54) is 25.7 Å². The Labute approximate surface area is 101 Å². The van der Waals surface area contributed by atoms with E-state index in [4.69, 9.17) is 18.0 Å². The van der Waals surface area contributed by atoms with Gasteiger partial charge >= 0.3 is 0 Å². The summed E-state index contributed by atoms with van der Waals surface area (Å²) in [7, 11) is 0. The molecule has 0 radical (unpaired) electrons. The van der Waals surface area contributed by atoms with Crippen LogP contribution in [0.1, 0.15) is 31.2 Å². The second kappa shape index (κ2) is 5.25. The maximum absolute atomic E-state index is 5.63. The van der Waals surface area contributed by atoms with Gasteiger partial charge in [0.2, 0.25) is 0 Å². The number of thiocarbonyl (C=S) groups is 1. The van der Waals surface area contributed by atoms with Gasteiger partial charge in [0, 0.05) is 12.7 Å².